The minimum atomic E-state index is -4.35. The van der Waals surface area contributed by atoms with Crippen LogP contribution in [0.15, 0.2) is 60.7 Å². The second-order valence-electron chi connectivity index (χ2n) is 8.50. The number of hydrogen-bond acceptors (Lipinski definition) is 3. The molecule has 0 unspecified atom stereocenters. The Balaban J connectivity index is 1.48. The molecule has 0 N–H and O–H groups in total. The van der Waals surface area contributed by atoms with Crippen LogP contribution in [0, 0.1) is 0 Å². The number of hydrogen-bond donors (Lipinski definition) is 0. The highest BCUT2D eigenvalue weighted by Crippen LogP contribution is 2.32. The summed E-state index contributed by atoms with van der Waals surface area (Å²) < 4.78 is 45.2. The molecule has 6 heteroatoms. The van der Waals surface area contributed by atoms with Crippen LogP contribution in [0.3, 0.4) is 0 Å². The van der Waals surface area contributed by atoms with Crippen LogP contribution in [0.4, 0.5) is 13.2 Å². The first-order valence-corrected chi connectivity index (χ1v) is 11.1. The Kier molecular flexibility index (Phi) is 7.01. The molecule has 3 nitrogen and oxygen atoms in total. The lowest BCUT2D eigenvalue weighted by Crippen LogP contribution is -2.44. The van der Waals surface area contributed by atoms with E-state index < -0.39 is 11.7 Å². The van der Waals surface area contributed by atoms with Crippen molar-refractivity contribution in [2.75, 3.05) is 39.8 Å². The van der Waals surface area contributed by atoms with Crippen LogP contribution in [0.1, 0.15) is 23.1 Å². The SMILES string of the molecule is CN1CCN(CCCc2c(OCc3cccc(C(F)(F)F)c3)ccc3ccccc23)CC1. The van der Waals surface area contributed by atoms with Gasteiger partial charge in [0.25, 0.3) is 0 Å². The highest BCUT2D eigenvalue weighted by atomic mass is 19.4. The Labute approximate surface area is 187 Å². The number of rotatable bonds is 7. The number of alkyl halides is 3. The van der Waals surface area contributed by atoms with Crippen LogP contribution in [-0.2, 0) is 19.2 Å². The zero-order valence-electron chi connectivity index (χ0n) is 18.4. The lowest BCUT2D eigenvalue weighted by Gasteiger charge is -2.32. The number of ether oxygens (including phenoxy) is 1. The van der Waals surface area contributed by atoms with Gasteiger partial charge in [-0.05, 0) is 61.0 Å². The normalized spacial score (nSPS) is 15.9. The summed E-state index contributed by atoms with van der Waals surface area (Å²) in [6.45, 7) is 5.51. The van der Waals surface area contributed by atoms with E-state index in [1.165, 1.54) is 6.07 Å². The molecule has 1 aliphatic heterocycles. The smallest absolute Gasteiger partial charge is 0.416 e. The summed E-state index contributed by atoms with van der Waals surface area (Å²) in [5.74, 6) is 0.750. The zero-order chi connectivity index (χ0) is 22.6. The van der Waals surface area contributed by atoms with Crippen LogP contribution in [0.5, 0.6) is 5.75 Å². The Morgan fingerprint density at radius 3 is 2.47 bits per heavy atom. The van der Waals surface area contributed by atoms with Crippen molar-refractivity contribution in [1.29, 1.82) is 0 Å². The summed E-state index contributed by atoms with van der Waals surface area (Å²) in [4.78, 5) is 4.84. The standard InChI is InChI=1S/C26H29F3N2O/c1-30-14-16-31(17-15-30)13-5-10-24-23-9-3-2-7-21(23)11-12-25(24)32-19-20-6-4-8-22(18-20)26(27,28)29/h2-4,6-9,11-12,18H,5,10,13-17,19H2,1H3. The van der Waals surface area contributed by atoms with Gasteiger partial charge in [0.15, 0.2) is 0 Å². The van der Waals surface area contributed by atoms with E-state index in [1.807, 2.05) is 24.3 Å². The van der Waals surface area contributed by atoms with E-state index in [9.17, 15) is 13.2 Å². The monoisotopic (exact) mass is 442 g/mol. The molecule has 0 radical (unpaired) electrons. The molecule has 0 spiro atoms. The van der Waals surface area contributed by atoms with Crippen molar-refractivity contribution in [2.45, 2.75) is 25.6 Å². The zero-order valence-corrected chi connectivity index (χ0v) is 18.4. The molecule has 0 aromatic heterocycles. The predicted octanol–water partition coefficient (Wildman–Crippen LogP) is 5.62. The van der Waals surface area contributed by atoms with Gasteiger partial charge in [0.05, 0.1) is 5.56 Å². The minimum Gasteiger partial charge on any atom is -0.489 e. The van der Waals surface area contributed by atoms with E-state index >= 15 is 0 Å². The summed E-state index contributed by atoms with van der Waals surface area (Å²) in [6.07, 6.45) is -2.48. The number of piperazine rings is 1. The molecule has 4 rings (SSSR count). The first kappa shape index (κ1) is 22.6. The van der Waals surface area contributed by atoms with Crippen molar-refractivity contribution in [2.24, 2.45) is 0 Å². The maximum absolute atomic E-state index is 13.0. The highest BCUT2D eigenvalue weighted by molar-refractivity contribution is 5.87. The maximum atomic E-state index is 13.0. The number of benzene rings is 3. The molecule has 170 valence electrons. The second-order valence-corrected chi connectivity index (χ2v) is 8.50. The van der Waals surface area contributed by atoms with Crippen LogP contribution < -0.4 is 4.74 Å². The molecular formula is C26H29F3N2O. The Bertz CT molecular complexity index is 1040. The first-order chi connectivity index (χ1) is 15.4. The van der Waals surface area contributed by atoms with Crippen LogP contribution in [0.2, 0.25) is 0 Å². The summed E-state index contributed by atoms with van der Waals surface area (Å²) in [6, 6.07) is 17.5. The molecule has 0 saturated carbocycles. The molecule has 32 heavy (non-hydrogen) atoms. The Hall–Kier alpha value is -2.57. The number of fused-ring (bicyclic) bond motifs is 1. The summed E-state index contributed by atoms with van der Waals surface area (Å²) in [5.41, 5.74) is 0.991. The third-order valence-corrected chi connectivity index (χ3v) is 6.14. The topological polar surface area (TPSA) is 15.7 Å². The quantitative estimate of drug-likeness (QED) is 0.473. The molecule has 0 atom stereocenters. The van der Waals surface area contributed by atoms with Crippen molar-refractivity contribution >= 4 is 10.8 Å². The predicted molar refractivity (Wildman–Crippen MR) is 122 cm³/mol. The molecule has 0 amide bonds. The maximum Gasteiger partial charge on any atom is 0.416 e. The minimum absolute atomic E-state index is 0.105. The molecule has 0 bridgehead atoms. The second kappa shape index (κ2) is 9.92. The van der Waals surface area contributed by atoms with Crippen molar-refractivity contribution < 1.29 is 17.9 Å². The van der Waals surface area contributed by atoms with E-state index in [4.69, 9.17) is 4.74 Å². The van der Waals surface area contributed by atoms with E-state index in [0.717, 1.165) is 79.8 Å². The van der Waals surface area contributed by atoms with E-state index in [1.54, 1.807) is 6.07 Å². The fraction of sp³-hybridized carbons (Fsp3) is 0.385. The first-order valence-electron chi connectivity index (χ1n) is 11.1. The average molecular weight is 443 g/mol. The van der Waals surface area contributed by atoms with Gasteiger partial charge >= 0.3 is 6.18 Å². The van der Waals surface area contributed by atoms with Gasteiger partial charge in [-0.2, -0.15) is 13.2 Å². The van der Waals surface area contributed by atoms with Gasteiger partial charge in [-0.15, -0.1) is 0 Å². The van der Waals surface area contributed by atoms with Crippen molar-refractivity contribution in [3.05, 3.63) is 77.4 Å². The van der Waals surface area contributed by atoms with Gasteiger partial charge in [-0.3, -0.25) is 0 Å². The molecule has 1 aliphatic rings. The number of likely N-dealkylation sites (N-methyl/N-ethyl adjacent to an activating group) is 1. The number of nitrogens with zero attached hydrogens (tertiary/aromatic N) is 2. The van der Waals surface area contributed by atoms with Gasteiger partial charge in [0.1, 0.15) is 12.4 Å². The van der Waals surface area contributed by atoms with Gasteiger partial charge < -0.3 is 14.5 Å². The average Bonchev–Trinajstić information content (AvgIpc) is 2.79. The van der Waals surface area contributed by atoms with Gasteiger partial charge in [0, 0.05) is 31.7 Å². The number of aryl methyl sites for hydroxylation is 1. The fourth-order valence-electron chi connectivity index (χ4n) is 4.26. The summed E-state index contributed by atoms with van der Waals surface area (Å²) in [7, 11) is 2.15. The van der Waals surface area contributed by atoms with Crippen molar-refractivity contribution in [1.82, 2.24) is 9.80 Å². The lowest BCUT2D eigenvalue weighted by molar-refractivity contribution is -0.137. The molecule has 1 saturated heterocycles. The summed E-state index contributed by atoms with van der Waals surface area (Å²) >= 11 is 0. The fourth-order valence-corrected chi connectivity index (χ4v) is 4.26. The molecular weight excluding hydrogens is 413 g/mol. The molecule has 1 heterocycles. The van der Waals surface area contributed by atoms with E-state index in [-0.39, 0.29) is 6.61 Å². The molecule has 3 aromatic rings. The third-order valence-electron chi connectivity index (χ3n) is 6.14. The van der Waals surface area contributed by atoms with Gasteiger partial charge in [-0.1, -0.05) is 42.5 Å². The largest absolute Gasteiger partial charge is 0.489 e. The third kappa shape index (κ3) is 5.61. The molecule has 0 aliphatic carbocycles. The molecule has 3 aromatic carbocycles. The highest BCUT2D eigenvalue weighted by Gasteiger charge is 2.30. The van der Waals surface area contributed by atoms with E-state index in [2.05, 4.69) is 29.0 Å². The Morgan fingerprint density at radius 1 is 0.906 bits per heavy atom. The number of halogens is 3. The lowest BCUT2D eigenvalue weighted by atomic mass is 9.99. The van der Waals surface area contributed by atoms with Crippen LogP contribution in [0.25, 0.3) is 10.8 Å². The van der Waals surface area contributed by atoms with Crippen molar-refractivity contribution in [3.63, 3.8) is 0 Å². The van der Waals surface area contributed by atoms with Crippen LogP contribution in [-0.4, -0.2) is 49.6 Å². The van der Waals surface area contributed by atoms with Gasteiger partial charge in [-0.25, -0.2) is 0 Å². The summed E-state index contributed by atoms with van der Waals surface area (Å²) in [5, 5.41) is 2.29. The Morgan fingerprint density at radius 2 is 1.69 bits per heavy atom. The van der Waals surface area contributed by atoms with Crippen LogP contribution >= 0.6 is 0 Å². The molecule has 1 fully saturated rings. The van der Waals surface area contributed by atoms with Crippen molar-refractivity contribution in [3.8, 4) is 5.75 Å². The van der Waals surface area contributed by atoms with E-state index in [0.29, 0.717) is 5.56 Å². The van der Waals surface area contributed by atoms with Gasteiger partial charge in [0.2, 0.25) is 0 Å².